The Morgan fingerprint density at radius 3 is 2.71 bits per heavy atom. The van der Waals surface area contributed by atoms with Crippen LogP contribution in [0.2, 0.25) is 0 Å². The fourth-order valence-electron chi connectivity index (χ4n) is 2.89. The molecule has 24 heavy (non-hydrogen) atoms. The van der Waals surface area contributed by atoms with Crippen molar-refractivity contribution in [3.8, 4) is 5.75 Å². The van der Waals surface area contributed by atoms with E-state index >= 15 is 0 Å². The Morgan fingerprint density at radius 1 is 1.42 bits per heavy atom. The number of hydrogen-bond acceptors (Lipinski definition) is 4. The van der Waals surface area contributed by atoms with Crippen molar-refractivity contribution in [1.82, 2.24) is 9.80 Å². The van der Waals surface area contributed by atoms with E-state index in [2.05, 4.69) is 34.7 Å². The number of likely N-dealkylation sites (tertiary alicyclic amines) is 1. The number of amides is 1. The fraction of sp³-hybridized carbons (Fsp3) is 0.611. The number of hydrogen-bond donors (Lipinski definition) is 1. The van der Waals surface area contributed by atoms with E-state index in [0.29, 0.717) is 19.7 Å². The van der Waals surface area contributed by atoms with Crippen molar-refractivity contribution >= 4 is 21.8 Å². The van der Waals surface area contributed by atoms with Gasteiger partial charge in [-0.2, -0.15) is 0 Å². The summed E-state index contributed by atoms with van der Waals surface area (Å²) in [5.74, 6) is 0.937. The second kappa shape index (κ2) is 8.32. The first-order valence-electron chi connectivity index (χ1n) is 8.38. The Labute approximate surface area is 153 Å². The normalized spacial score (nSPS) is 20.6. The van der Waals surface area contributed by atoms with Crippen LogP contribution in [0.5, 0.6) is 5.75 Å². The van der Waals surface area contributed by atoms with E-state index in [1.807, 2.05) is 31.3 Å². The molecule has 134 valence electrons. The largest absolute Gasteiger partial charge is 0.492 e. The lowest BCUT2D eigenvalue weighted by Gasteiger charge is -2.42. The molecule has 0 aliphatic carbocycles. The van der Waals surface area contributed by atoms with Crippen LogP contribution in [0, 0.1) is 5.41 Å². The minimum Gasteiger partial charge on any atom is -0.492 e. The maximum absolute atomic E-state index is 12.4. The number of nitrogens with zero attached hydrogens (tertiary/aromatic N) is 2. The molecule has 0 aromatic heterocycles. The van der Waals surface area contributed by atoms with Gasteiger partial charge in [0.2, 0.25) is 5.91 Å². The Balaban J connectivity index is 1.73. The highest BCUT2D eigenvalue weighted by molar-refractivity contribution is 9.10. The summed E-state index contributed by atoms with van der Waals surface area (Å²) in [6.45, 7) is 7.60. The highest BCUT2D eigenvalue weighted by atomic mass is 79.9. The number of halogens is 1. The third-order valence-electron chi connectivity index (χ3n) is 4.68. The average Bonchev–Trinajstić information content (AvgIpc) is 2.52. The van der Waals surface area contributed by atoms with Gasteiger partial charge in [0.1, 0.15) is 12.4 Å². The van der Waals surface area contributed by atoms with Crippen LogP contribution in [0.4, 0.5) is 0 Å². The molecule has 0 bridgehead atoms. The summed E-state index contributed by atoms with van der Waals surface area (Å²) in [6, 6.07) is 7.90. The topological polar surface area (TPSA) is 58.8 Å². The van der Waals surface area contributed by atoms with Crippen molar-refractivity contribution < 1.29 is 9.53 Å². The Kier molecular flexibility index (Phi) is 6.66. The molecule has 1 aliphatic heterocycles. The Hall–Kier alpha value is -1.11. The molecule has 1 atom stereocenters. The average molecular weight is 398 g/mol. The van der Waals surface area contributed by atoms with Crippen LogP contribution in [-0.4, -0.2) is 61.6 Å². The van der Waals surface area contributed by atoms with Crippen molar-refractivity contribution in [2.75, 3.05) is 39.8 Å². The van der Waals surface area contributed by atoms with Crippen LogP contribution in [0.3, 0.4) is 0 Å². The number of piperidine rings is 1. The first-order chi connectivity index (χ1) is 11.3. The zero-order chi connectivity index (χ0) is 17.7. The summed E-state index contributed by atoms with van der Waals surface area (Å²) in [5, 5.41) is 0. The zero-order valence-electron chi connectivity index (χ0n) is 14.8. The van der Waals surface area contributed by atoms with Crippen LogP contribution in [0.15, 0.2) is 28.7 Å². The third-order valence-corrected chi connectivity index (χ3v) is 5.21. The minimum atomic E-state index is 0.0573. The summed E-state index contributed by atoms with van der Waals surface area (Å²) in [7, 11) is 1.83. The molecule has 1 heterocycles. The lowest BCUT2D eigenvalue weighted by molar-refractivity contribution is -0.132. The van der Waals surface area contributed by atoms with Gasteiger partial charge in [-0.15, -0.1) is 0 Å². The van der Waals surface area contributed by atoms with Gasteiger partial charge < -0.3 is 15.4 Å². The van der Waals surface area contributed by atoms with E-state index in [0.717, 1.165) is 29.7 Å². The molecule has 1 amide bonds. The van der Waals surface area contributed by atoms with E-state index < -0.39 is 0 Å². The molecule has 2 N–H and O–H groups in total. The van der Waals surface area contributed by atoms with Crippen molar-refractivity contribution in [1.29, 1.82) is 0 Å². The zero-order valence-corrected chi connectivity index (χ0v) is 16.4. The SMILES string of the molecule is CN(CCOc1ccc(Br)cc1)C(=O)CN1CCC(N)C(C)(C)C1. The second-order valence-electron chi connectivity index (χ2n) is 7.21. The predicted octanol–water partition coefficient (Wildman–Crippen LogP) is 2.35. The van der Waals surface area contributed by atoms with Gasteiger partial charge in [-0.25, -0.2) is 0 Å². The molecule has 1 unspecified atom stereocenters. The molecular formula is C18H28BrN3O2. The van der Waals surface area contributed by atoms with E-state index in [1.54, 1.807) is 4.90 Å². The maximum atomic E-state index is 12.4. The molecule has 0 spiro atoms. The number of rotatable bonds is 6. The highest BCUT2D eigenvalue weighted by Gasteiger charge is 2.34. The first-order valence-corrected chi connectivity index (χ1v) is 9.17. The van der Waals surface area contributed by atoms with Crippen LogP contribution in [0.1, 0.15) is 20.3 Å². The van der Waals surface area contributed by atoms with Crippen LogP contribution < -0.4 is 10.5 Å². The van der Waals surface area contributed by atoms with Gasteiger partial charge in [0.05, 0.1) is 13.1 Å². The van der Waals surface area contributed by atoms with Crippen molar-refractivity contribution in [2.24, 2.45) is 11.1 Å². The molecule has 0 radical (unpaired) electrons. The number of likely N-dealkylation sites (N-methyl/N-ethyl adjacent to an activating group) is 1. The van der Waals surface area contributed by atoms with E-state index in [-0.39, 0.29) is 17.4 Å². The monoisotopic (exact) mass is 397 g/mol. The van der Waals surface area contributed by atoms with Crippen molar-refractivity contribution in [3.63, 3.8) is 0 Å². The predicted molar refractivity (Wildman–Crippen MR) is 100 cm³/mol. The Morgan fingerprint density at radius 2 is 2.08 bits per heavy atom. The minimum absolute atomic E-state index is 0.0573. The second-order valence-corrected chi connectivity index (χ2v) is 8.13. The summed E-state index contributed by atoms with van der Waals surface area (Å²) in [6.07, 6.45) is 0.941. The number of carbonyl (C=O) groups is 1. The van der Waals surface area contributed by atoms with Gasteiger partial charge in [-0.1, -0.05) is 29.8 Å². The van der Waals surface area contributed by atoms with Gasteiger partial charge in [-0.05, 0) is 36.1 Å². The molecule has 5 nitrogen and oxygen atoms in total. The van der Waals surface area contributed by atoms with E-state index in [4.69, 9.17) is 10.5 Å². The molecule has 1 aliphatic rings. The van der Waals surface area contributed by atoms with E-state index in [9.17, 15) is 4.79 Å². The van der Waals surface area contributed by atoms with Crippen LogP contribution in [0.25, 0.3) is 0 Å². The fourth-order valence-corrected chi connectivity index (χ4v) is 3.15. The molecule has 1 fully saturated rings. The standard InChI is InChI=1S/C18H28BrN3O2/c1-18(2)13-22(9-8-16(18)20)12-17(23)21(3)10-11-24-15-6-4-14(19)5-7-15/h4-7,16H,8-13,20H2,1-3H3. The van der Waals surface area contributed by atoms with E-state index in [1.165, 1.54) is 0 Å². The van der Waals surface area contributed by atoms with Crippen LogP contribution in [-0.2, 0) is 4.79 Å². The van der Waals surface area contributed by atoms with Gasteiger partial charge >= 0.3 is 0 Å². The van der Waals surface area contributed by atoms with Gasteiger partial charge in [0.15, 0.2) is 0 Å². The van der Waals surface area contributed by atoms with Gasteiger partial charge in [0.25, 0.3) is 0 Å². The summed E-state index contributed by atoms with van der Waals surface area (Å²) in [4.78, 5) is 16.3. The first kappa shape index (κ1) is 19.2. The molecule has 1 aromatic rings. The molecule has 2 rings (SSSR count). The lowest BCUT2D eigenvalue weighted by Crippen LogP contribution is -2.54. The number of nitrogens with two attached hydrogens (primary N) is 1. The maximum Gasteiger partial charge on any atom is 0.236 e. The molecular weight excluding hydrogens is 370 g/mol. The van der Waals surface area contributed by atoms with Gasteiger partial charge in [-0.3, -0.25) is 9.69 Å². The quantitative estimate of drug-likeness (QED) is 0.799. The lowest BCUT2D eigenvalue weighted by atomic mass is 9.80. The number of benzene rings is 1. The molecule has 6 heteroatoms. The molecule has 1 saturated heterocycles. The van der Waals surface area contributed by atoms with Crippen molar-refractivity contribution in [3.05, 3.63) is 28.7 Å². The number of carbonyl (C=O) groups excluding carboxylic acids is 1. The summed E-state index contributed by atoms with van der Waals surface area (Å²) < 4.78 is 6.69. The summed E-state index contributed by atoms with van der Waals surface area (Å²) >= 11 is 3.39. The highest BCUT2D eigenvalue weighted by Crippen LogP contribution is 2.27. The molecule has 0 saturated carbocycles. The van der Waals surface area contributed by atoms with Crippen LogP contribution >= 0.6 is 15.9 Å². The molecule has 1 aromatic carbocycles. The Bertz CT molecular complexity index is 548. The summed E-state index contributed by atoms with van der Waals surface area (Å²) in [5.41, 5.74) is 6.21. The van der Waals surface area contributed by atoms with Crippen molar-refractivity contribution in [2.45, 2.75) is 26.3 Å². The smallest absolute Gasteiger partial charge is 0.236 e. The number of ether oxygens (including phenoxy) is 1. The van der Waals surface area contributed by atoms with Gasteiger partial charge in [0, 0.05) is 30.7 Å². The third kappa shape index (κ3) is 5.46.